The van der Waals surface area contributed by atoms with Gasteiger partial charge in [0, 0.05) is 26.2 Å². The number of carbonyl (C=O) groups excluding carboxylic acids is 8. The first-order chi connectivity index (χ1) is 26.9. The Kier molecular flexibility index (Phi) is 25.3. The van der Waals surface area contributed by atoms with Crippen LogP contribution in [0.4, 0.5) is 19.2 Å². The van der Waals surface area contributed by atoms with E-state index in [1.165, 1.54) is 23.7 Å². The SMILES string of the molecule is C1CC2C3CCC(C3)C2C1.CCOC(=O)CCNC(=O)N(CCC(=O)OCC)C(=O)OCC.CCOC(=O)CCNC(=O)N(CCC(=O)OCC)C(=O)OCC. The van der Waals surface area contributed by atoms with E-state index < -0.39 is 48.1 Å². The fourth-order valence-corrected chi connectivity index (χ4v) is 7.05. The second kappa shape index (κ2) is 28.7. The molecule has 3 saturated carbocycles. The molecule has 0 aromatic heterocycles. The summed E-state index contributed by atoms with van der Waals surface area (Å²) in [7, 11) is 0. The molecule has 3 aliphatic carbocycles. The molecule has 6 amide bonds. The third-order valence-electron chi connectivity index (χ3n) is 9.33. The lowest BCUT2D eigenvalue weighted by molar-refractivity contribution is -0.144. The molecule has 4 unspecified atom stereocenters. The van der Waals surface area contributed by atoms with Crippen molar-refractivity contribution < 1.29 is 66.8 Å². The predicted octanol–water partition coefficient (Wildman–Crippen LogP) is 4.95. The first kappa shape index (κ1) is 49.4. The van der Waals surface area contributed by atoms with Gasteiger partial charge in [-0.3, -0.25) is 19.2 Å². The van der Waals surface area contributed by atoms with Gasteiger partial charge in [0.25, 0.3) is 0 Å². The van der Waals surface area contributed by atoms with Gasteiger partial charge < -0.3 is 39.1 Å². The summed E-state index contributed by atoms with van der Waals surface area (Å²) in [6.07, 6.45) is 7.47. The Balaban J connectivity index is 0.000000446. The normalized spacial score (nSPS) is 18.2. The number of ether oxygens (including phenoxy) is 6. The molecule has 3 aliphatic rings. The van der Waals surface area contributed by atoms with Gasteiger partial charge in [0.1, 0.15) is 0 Å². The molecule has 18 heteroatoms. The van der Waals surface area contributed by atoms with Crippen LogP contribution in [0.5, 0.6) is 0 Å². The van der Waals surface area contributed by atoms with Crippen molar-refractivity contribution in [2.75, 3.05) is 65.8 Å². The fourth-order valence-electron chi connectivity index (χ4n) is 7.05. The van der Waals surface area contributed by atoms with Crippen LogP contribution < -0.4 is 10.6 Å². The number of fused-ring (bicyclic) bond motifs is 5. The van der Waals surface area contributed by atoms with Gasteiger partial charge in [0.05, 0.1) is 65.3 Å². The Hall–Kier alpha value is -4.64. The number of hydrogen-bond acceptors (Lipinski definition) is 14. The van der Waals surface area contributed by atoms with E-state index in [9.17, 15) is 38.4 Å². The summed E-state index contributed by atoms with van der Waals surface area (Å²) in [4.78, 5) is 94.0. The number of nitrogens with one attached hydrogen (secondary N) is 2. The Morgan fingerprint density at radius 3 is 1.11 bits per heavy atom. The summed E-state index contributed by atoms with van der Waals surface area (Å²) in [5.41, 5.74) is 0. The first-order valence-electron chi connectivity index (χ1n) is 19.9. The maximum absolute atomic E-state index is 12.0. The van der Waals surface area contributed by atoms with Gasteiger partial charge in [-0.25, -0.2) is 29.0 Å². The molecule has 2 N–H and O–H groups in total. The smallest absolute Gasteiger partial charge is 0.417 e. The minimum Gasteiger partial charge on any atom is -0.466 e. The number of hydrogen-bond donors (Lipinski definition) is 2. The first-order valence-corrected chi connectivity index (χ1v) is 19.9. The van der Waals surface area contributed by atoms with E-state index in [1.807, 2.05) is 0 Å². The van der Waals surface area contributed by atoms with Crippen LogP contribution >= 0.6 is 0 Å². The lowest BCUT2D eigenvalue weighted by atomic mass is 9.82. The summed E-state index contributed by atoms with van der Waals surface area (Å²) >= 11 is 0. The van der Waals surface area contributed by atoms with E-state index >= 15 is 0 Å². The summed E-state index contributed by atoms with van der Waals surface area (Å²) < 4.78 is 28.5. The fraction of sp³-hybridized carbons (Fsp3) is 0.789. The van der Waals surface area contributed by atoms with Crippen molar-refractivity contribution in [2.45, 2.75) is 106 Å². The molecule has 0 heterocycles. The van der Waals surface area contributed by atoms with Crippen molar-refractivity contribution in [3.8, 4) is 0 Å². The van der Waals surface area contributed by atoms with Crippen molar-refractivity contribution in [1.29, 1.82) is 0 Å². The third-order valence-corrected chi connectivity index (χ3v) is 9.33. The standard InChI is InChI=1S/2C14H24N2O7.C10H16/c2*1-4-21-11(17)7-9-15-13(19)16(14(20)23-6-3)10-8-12(18)22-5-2;1-2-9-7-4-5-8(6-7)10(9)3-1/h2*4-10H2,1-3H3,(H,15,19);7-10H,1-6H2. The van der Waals surface area contributed by atoms with E-state index in [1.54, 1.807) is 80.1 Å². The largest absolute Gasteiger partial charge is 0.466 e. The van der Waals surface area contributed by atoms with Crippen LogP contribution in [0, 0.1) is 23.7 Å². The Morgan fingerprint density at radius 1 is 0.464 bits per heavy atom. The molecule has 56 heavy (non-hydrogen) atoms. The van der Waals surface area contributed by atoms with Crippen molar-refractivity contribution in [3.63, 3.8) is 0 Å². The van der Waals surface area contributed by atoms with Gasteiger partial charge in [-0.05, 0) is 97.3 Å². The second-order valence-corrected chi connectivity index (χ2v) is 13.0. The van der Waals surface area contributed by atoms with Crippen molar-refractivity contribution >= 4 is 48.1 Å². The molecule has 3 fully saturated rings. The van der Waals surface area contributed by atoms with Gasteiger partial charge in [-0.15, -0.1) is 0 Å². The molecule has 0 aliphatic heterocycles. The molecule has 3 rings (SSSR count). The number of esters is 4. The van der Waals surface area contributed by atoms with Gasteiger partial charge in [-0.2, -0.15) is 0 Å². The van der Waals surface area contributed by atoms with Gasteiger partial charge in [0.15, 0.2) is 0 Å². The maximum Gasteiger partial charge on any atom is 0.417 e. The Labute approximate surface area is 330 Å². The van der Waals surface area contributed by atoms with E-state index in [2.05, 4.69) is 10.6 Å². The van der Waals surface area contributed by atoms with E-state index in [0.717, 1.165) is 9.80 Å². The summed E-state index contributed by atoms with van der Waals surface area (Å²) in [6, 6.07) is -1.51. The summed E-state index contributed by atoms with van der Waals surface area (Å²) in [6.45, 7) is 10.6. The van der Waals surface area contributed by atoms with Crippen LogP contribution in [0.15, 0.2) is 0 Å². The average Bonchev–Trinajstić information content (AvgIpc) is 3.91. The zero-order valence-corrected chi connectivity index (χ0v) is 34.1. The van der Waals surface area contributed by atoms with E-state index in [0.29, 0.717) is 0 Å². The van der Waals surface area contributed by atoms with Crippen LogP contribution in [-0.2, 0) is 47.6 Å². The quantitative estimate of drug-likeness (QED) is 0.138. The molecule has 0 aromatic rings. The van der Waals surface area contributed by atoms with Crippen LogP contribution in [0.3, 0.4) is 0 Å². The van der Waals surface area contributed by atoms with Gasteiger partial charge >= 0.3 is 48.1 Å². The average molecular weight is 801 g/mol. The molecule has 0 spiro atoms. The molecule has 18 nitrogen and oxygen atoms in total. The van der Waals surface area contributed by atoms with Crippen LogP contribution in [0.2, 0.25) is 0 Å². The summed E-state index contributed by atoms with van der Waals surface area (Å²) in [5.74, 6) is 2.83. The Bertz CT molecular complexity index is 1170. The zero-order chi connectivity index (χ0) is 41.9. The number of imide groups is 2. The van der Waals surface area contributed by atoms with Gasteiger partial charge in [-0.1, -0.05) is 6.42 Å². The number of urea groups is 2. The number of rotatable bonds is 18. The molecule has 320 valence electrons. The molecular weight excluding hydrogens is 736 g/mol. The molecule has 2 bridgehead atoms. The van der Waals surface area contributed by atoms with Crippen LogP contribution in [0.1, 0.15) is 106 Å². The third kappa shape index (κ3) is 18.8. The highest BCUT2D eigenvalue weighted by Gasteiger charge is 2.48. The second-order valence-electron chi connectivity index (χ2n) is 13.0. The van der Waals surface area contributed by atoms with Crippen molar-refractivity contribution in [1.82, 2.24) is 20.4 Å². The number of nitrogens with zero attached hydrogens (tertiary/aromatic N) is 2. The van der Waals surface area contributed by atoms with Crippen molar-refractivity contribution in [3.05, 3.63) is 0 Å². The minimum absolute atomic E-state index is 0.00692. The summed E-state index contributed by atoms with van der Waals surface area (Å²) in [5, 5.41) is 4.80. The van der Waals surface area contributed by atoms with Crippen LogP contribution in [0.25, 0.3) is 0 Å². The topological polar surface area (TPSA) is 222 Å². The van der Waals surface area contributed by atoms with Crippen molar-refractivity contribution in [2.24, 2.45) is 23.7 Å². The molecular formula is C38H64N4O14. The van der Waals surface area contributed by atoms with Gasteiger partial charge in [0.2, 0.25) is 0 Å². The Morgan fingerprint density at radius 2 is 0.786 bits per heavy atom. The van der Waals surface area contributed by atoms with Crippen LogP contribution in [-0.4, -0.2) is 124 Å². The predicted molar refractivity (Wildman–Crippen MR) is 201 cm³/mol. The minimum atomic E-state index is -0.870. The molecule has 4 atom stereocenters. The maximum atomic E-state index is 12.0. The lowest BCUT2D eigenvalue weighted by Crippen LogP contribution is -2.45. The molecule has 0 saturated heterocycles. The molecule has 0 aromatic carbocycles. The highest BCUT2D eigenvalue weighted by molar-refractivity contribution is 5.92. The number of carbonyl (C=O) groups is 8. The molecule has 0 radical (unpaired) electrons. The monoisotopic (exact) mass is 800 g/mol. The zero-order valence-electron chi connectivity index (χ0n) is 34.1. The highest BCUT2D eigenvalue weighted by Crippen LogP contribution is 2.58. The number of amides is 6. The highest BCUT2D eigenvalue weighted by atomic mass is 16.6. The lowest BCUT2D eigenvalue weighted by Gasteiger charge is -2.23. The van der Waals surface area contributed by atoms with E-state index in [-0.39, 0.29) is 91.5 Å². The van der Waals surface area contributed by atoms with E-state index in [4.69, 9.17) is 28.4 Å².